The zero-order chi connectivity index (χ0) is 26.6. The monoisotopic (exact) mass is 541 g/mol. The fourth-order valence-electron chi connectivity index (χ4n) is 4.64. The first-order valence-corrected chi connectivity index (χ1v) is 14.3. The Kier molecular flexibility index (Phi) is 8.52. The molecule has 37 heavy (non-hydrogen) atoms. The highest BCUT2D eigenvalue weighted by Crippen LogP contribution is 2.22. The lowest BCUT2D eigenvalue weighted by Gasteiger charge is -2.31. The van der Waals surface area contributed by atoms with Gasteiger partial charge in [-0.3, -0.25) is 9.59 Å². The van der Waals surface area contributed by atoms with E-state index in [2.05, 4.69) is 5.32 Å². The van der Waals surface area contributed by atoms with Crippen LogP contribution in [-0.4, -0.2) is 55.1 Å². The molecule has 1 aliphatic carbocycles. The van der Waals surface area contributed by atoms with Gasteiger partial charge in [-0.2, -0.15) is 4.31 Å². The van der Waals surface area contributed by atoms with Gasteiger partial charge in [0.1, 0.15) is 6.04 Å². The molecule has 196 valence electrons. The quantitative estimate of drug-likeness (QED) is 0.429. The number of rotatable bonds is 9. The van der Waals surface area contributed by atoms with Gasteiger partial charge < -0.3 is 10.2 Å². The molecule has 1 fully saturated rings. The van der Waals surface area contributed by atoms with E-state index >= 15 is 0 Å². The number of carbonyl (C=O) groups excluding carboxylic acids is 2. The normalized spacial score (nSPS) is 15.1. The third-order valence-corrected chi connectivity index (χ3v) is 8.97. The summed E-state index contributed by atoms with van der Waals surface area (Å²) in [5.74, 6) is -0.704. The minimum Gasteiger partial charge on any atom is -0.352 e. The van der Waals surface area contributed by atoms with Crippen LogP contribution in [0.15, 0.2) is 71.6 Å². The average Bonchev–Trinajstić information content (AvgIpc) is 3.40. The molecule has 2 amide bonds. The second-order valence-electron chi connectivity index (χ2n) is 9.58. The molecule has 3 aromatic rings. The van der Waals surface area contributed by atoms with Crippen molar-refractivity contribution in [3.63, 3.8) is 0 Å². The summed E-state index contributed by atoms with van der Waals surface area (Å²) in [6.07, 6.45) is 4.00. The van der Waals surface area contributed by atoms with Crippen LogP contribution in [0.1, 0.15) is 38.2 Å². The summed E-state index contributed by atoms with van der Waals surface area (Å²) in [5.41, 5.74) is 0.790. The number of nitrogens with zero attached hydrogens (tertiary/aromatic N) is 2. The Hall–Kier alpha value is -2.94. The Morgan fingerprint density at radius 2 is 1.65 bits per heavy atom. The van der Waals surface area contributed by atoms with Gasteiger partial charge in [-0.05, 0) is 60.4 Å². The molecule has 0 aliphatic heterocycles. The average molecular weight is 542 g/mol. The van der Waals surface area contributed by atoms with Crippen molar-refractivity contribution in [2.45, 2.75) is 56.1 Å². The number of carbonyl (C=O) groups is 2. The highest BCUT2D eigenvalue weighted by atomic mass is 35.5. The Labute approximate surface area is 223 Å². The summed E-state index contributed by atoms with van der Waals surface area (Å²) >= 11 is 6.01. The fourth-order valence-corrected chi connectivity index (χ4v) is 5.92. The number of likely N-dealkylation sites (N-methyl/N-ethyl adjacent to an activating group) is 1. The lowest BCUT2D eigenvalue weighted by molar-refractivity contribution is -0.140. The first-order valence-electron chi connectivity index (χ1n) is 12.4. The van der Waals surface area contributed by atoms with Crippen molar-refractivity contribution < 1.29 is 18.0 Å². The number of halogens is 1. The van der Waals surface area contributed by atoms with E-state index in [-0.39, 0.29) is 23.4 Å². The van der Waals surface area contributed by atoms with Crippen molar-refractivity contribution in [2.24, 2.45) is 0 Å². The zero-order valence-corrected chi connectivity index (χ0v) is 22.6. The van der Waals surface area contributed by atoms with Crippen molar-refractivity contribution in [1.82, 2.24) is 14.5 Å². The molecule has 7 nitrogen and oxygen atoms in total. The van der Waals surface area contributed by atoms with Gasteiger partial charge in [0.2, 0.25) is 21.8 Å². The van der Waals surface area contributed by atoms with Crippen molar-refractivity contribution in [1.29, 1.82) is 0 Å². The Morgan fingerprint density at radius 1 is 1.00 bits per heavy atom. The van der Waals surface area contributed by atoms with Crippen LogP contribution in [0.25, 0.3) is 10.8 Å². The van der Waals surface area contributed by atoms with Crippen molar-refractivity contribution >= 4 is 44.2 Å². The van der Waals surface area contributed by atoms with Crippen LogP contribution in [-0.2, 0) is 26.2 Å². The molecule has 1 saturated carbocycles. The van der Waals surface area contributed by atoms with Crippen LogP contribution in [0, 0.1) is 0 Å². The largest absolute Gasteiger partial charge is 0.352 e. The number of hydrogen-bond donors (Lipinski definition) is 1. The third-order valence-electron chi connectivity index (χ3n) is 6.92. The van der Waals surface area contributed by atoms with Gasteiger partial charge >= 0.3 is 0 Å². The van der Waals surface area contributed by atoms with Crippen molar-refractivity contribution in [3.8, 4) is 0 Å². The SMILES string of the molecule is CC(C(=O)NC1CCCC1)N(Cc1ccc(Cl)cc1)C(=O)CN(C)S(=O)(=O)c1ccc2ccccc2c1. The minimum atomic E-state index is -3.93. The Balaban J connectivity index is 1.54. The third kappa shape index (κ3) is 6.50. The van der Waals surface area contributed by atoms with Gasteiger partial charge in [-0.25, -0.2) is 8.42 Å². The maximum atomic E-state index is 13.5. The van der Waals surface area contributed by atoms with E-state index in [1.54, 1.807) is 49.4 Å². The molecule has 0 aromatic heterocycles. The predicted octanol–water partition coefficient (Wildman–Crippen LogP) is 4.59. The lowest BCUT2D eigenvalue weighted by Crippen LogP contribution is -2.52. The van der Waals surface area contributed by atoms with Gasteiger partial charge in [0.15, 0.2) is 0 Å². The maximum Gasteiger partial charge on any atom is 0.243 e. The lowest BCUT2D eigenvalue weighted by atomic mass is 10.1. The predicted molar refractivity (Wildman–Crippen MR) is 146 cm³/mol. The summed E-state index contributed by atoms with van der Waals surface area (Å²) < 4.78 is 27.7. The molecule has 0 spiro atoms. The van der Waals surface area contributed by atoms with E-state index in [9.17, 15) is 18.0 Å². The summed E-state index contributed by atoms with van der Waals surface area (Å²) in [7, 11) is -2.55. The van der Waals surface area contributed by atoms with Gasteiger partial charge in [0, 0.05) is 24.7 Å². The topological polar surface area (TPSA) is 86.8 Å². The highest BCUT2D eigenvalue weighted by molar-refractivity contribution is 7.89. The maximum absolute atomic E-state index is 13.5. The fraction of sp³-hybridized carbons (Fsp3) is 0.357. The van der Waals surface area contributed by atoms with Crippen LogP contribution >= 0.6 is 11.6 Å². The smallest absolute Gasteiger partial charge is 0.243 e. The van der Waals surface area contributed by atoms with Crippen molar-refractivity contribution in [3.05, 3.63) is 77.3 Å². The first kappa shape index (κ1) is 27.1. The summed E-state index contributed by atoms with van der Waals surface area (Å²) in [4.78, 5) is 28.1. The second-order valence-corrected chi connectivity index (χ2v) is 12.1. The van der Waals surface area contributed by atoms with E-state index in [1.807, 2.05) is 24.3 Å². The van der Waals surface area contributed by atoms with Gasteiger partial charge in [0.05, 0.1) is 11.4 Å². The summed E-state index contributed by atoms with van der Waals surface area (Å²) in [5, 5.41) is 5.34. The van der Waals surface area contributed by atoms with Crippen LogP contribution in [0.2, 0.25) is 5.02 Å². The molecule has 0 heterocycles. The van der Waals surface area contributed by atoms with Crippen LogP contribution in [0.3, 0.4) is 0 Å². The van der Waals surface area contributed by atoms with E-state index in [4.69, 9.17) is 11.6 Å². The van der Waals surface area contributed by atoms with Crippen LogP contribution in [0.5, 0.6) is 0 Å². The number of amides is 2. The molecule has 1 aliphatic rings. The highest BCUT2D eigenvalue weighted by Gasteiger charge is 2.31. The Morgan fingerprint density at radius 3 is 2.32 bits per heavy atom. The Bertz CT molecular complexity index is 1370. The second kappa shape index (κ2) is 11.6. The number of benzene rings is 3. The molecule has 0 bridgehead atoms. The summed E-state index contributed by atoms with van der Waals surface area (Å²) in [6.45, 7) is 1.43. The molecule has 4 rings (SSSR count). The van der Waals surface area contributed by atoms with Gasteiger partial charge in [-0.15, -0.1) is 0 Å². The van der Waals surface area contributed by atoms with Gasteiger partial charge in [-0.1, -0.05) is 66.9 Å². The molecule has 3 aromatic carbocycles. The molecular weight excluding hydrogens is 510 g/mol. The molecule has 0 saturated heterocycles. The van der Waals surface area contributed by atoms with Crippen LogP contribution in [0.4, 0.5) is 0 Å². The number of fused-ring (bicyclic) bond motifs is 1. The standard InChI is InChI=1S/C28H32ClN3O4S/c1-20(28(34)30-25-9-5-6-10-25)32(18-21-11-14-24(29)15-12-21)27(33)19-31(2)37(35,36)26-16-13-22-7-3-4-8-23(22)17-26/h3-4,7-8,11-17,20,25H,5-6,9-10,18-19H2,1-2H3,(H,30,34). The number of hydrogen-bond acceptors (Lipinski definition) is 4. The van der Waals surface area contributed by atoms with Gasteiger partial charge in [0.25, 0.3) is 0 Å². The molecule has 0 radical (unpaired) electrons. The van der Waals surface area contributed by atoms with E-state index in [1.165, 1.54) is 11.9 Å². The van der Waals surface area contributed by atoms with E-state index < -0.39 is 28.5 Å². The molecule has 9 heteroatoms. The van der Waals surface area contributed by atoms with E-state index in [0.29, 0.717) is 5.02 Å². The molecular formula is C28H32ClN3O4S. The molecule has 1 N–H and O–H groups in total. The molecule has 1 atom stereocenters. The zero-order valence-electron chi connectivity index (χ0n) is 21.1. The van der Waals surface area contributed by atoms with E-state index in [0.717, 1.165) is 46.3 Å². The van der Waals surface area contributed by atoms with Crippen LogP contribution < -0.4 is 5.32 Å². The summed E-state index contributed by atoms with van der Waals surface area (Å²) in [6, 6.07) is 18.7. The number of sulfonamides is 1. The minimum absolute atomic E-state index is 0.109. The van der Waals surface area contributed by atoms with Crippen molar-refractivity contribution in [2.75, 3.05) is 13.6 Å². The number of nitrogens with one attached hydrogen (secondary N) is 1. The molecule has 1 unspecified atom stereocenters. The first-order chi connectivity index (χ1) is 17.6.